The van der Waals surface area contributed by atoms with Crippen LogP contribution in [0.5, 0.6) is 0 Å². The lowest BCUT2D eigenvalue weighted by molar-refractivity contribution is 0.0944. The highest BCUT2D eigenvalue weighted by Gasteiger charge is 2.18. The summed E-state index contributed by atoms with van der Waals surface area (Å²) in [6.45, 7) is 8.34. The Morgan fingerprint density at radius 1 is 1.33 bits per heavy atom. The van der Waals surface area contributed by atoms with E-state index in [4.69, 9.17) is 16.7 Å². The van der Waals surface area contributed by atoms with Gasteiger partial charge in [-0.2, -0.15) is 0 Å². The van der Waals surface area contributed by atoms with Gasteiger partial charge in [0.15, 0.2) is 0 Å². The molecular formula is C14H21ClN2O3S. The monoisotopic (exact) mass is 332 g/mol. The van der Waals surface area contributed by atoms with Crippen LogP contribution in [0.4, 0.5) is 0 Å². The molecule has 0 saturated carbocycles. The maximum atomic E-state index is 12.2. The zero-order valence-electron chi connectivity index (χ0n) is 12.6. The highest BCUT2D eigenvalue weighted by atomic mass is 35.5. The molecule has 0 saturated heterocycles. The highest BCUT2D eigenvalue weighted by Crippen LogP contribution is 2.24. The van der Waals surface area contributed by atoms with Crippen molar-refractivity contribution in [1.82, 2.24) is 5.32 Å². The SMILES string of the molecule is Cc1c(Cl)cc(S(N)(=O)=O)cc1C(=O)NCC(C)C(C)C. The van der Waals surface area contributed by atoms with E-state index in [1.807, 2.05) is 6.92 Å². The van der Waals surface area contributed by atoms with Gasteiger partial charge in [-0.1, -0.05) is 32.4 Å². The Labute approximate surface area is 130 Å². The van der Waals surface area contributed by atoms with E-state index in [2.05, 4.69) is 19.2 Å². The molecule has 1 amide bonds. The molecular weight excluding hydrogens is 312 g/mol. The molecule has 5 nitrogen and oxygen atoms in total. The van der Waals surface area contributed by atoms with Crippen molar-refractivity contribution in [2.45, 2.75) is 32.6 Å². The number of primary sulfonamides is 1. The Hall–Kier alpha value is -1.11. The molecule has 0 bridgehead atoms. The summed E-state index contributed by atoms with van der Waals surface area (Å²) in [4.78, 5) is 12.1. The van der Waals surface area contributed by atoms with Crippen molar-refractivity contribution >= 4 is 27.5 Å². The Bertz CT molecular complexity index is 642. The van der Waals surface area contributed by atoms with E-state index in [-0.39, 0.29) is 21.4 Å². The van der Waals surface area contributed by atoms with Crippen molar-refractivity contribution < 1.29 is 13.2 Å². The summed E-state index contributed by atoms with van der Waals surface area (Å²) in [6, 6.07) is 2.51. The lowest BCUT2D eigenvalue weighted by Crippen LogP contribution is -2.31. The second kappa shape index (κ2) is 6.77. The predicted octanol–water partition coefficient (Wildman–Crippen LogP) is 2.32. The average Bonchev–Trinajstić information content (AvgIpc) is 2.37. The van der Waals surface area contributed by atoms with E-state index in [9.17, 15) is 13.2 Å². The van der Waals surface area contributed by atoms with Crippen molar-refractivity contribution in [3.8, 4) is 0 Å². The standard InChI is InChI=1S/C14H21ClN2O3S/c1-8(2)9(3)7-17-14(18)12-5-11(21(16,19)20)6-13(15)10(12)4/h5-6,8-9H,7H2,1-4H3,(H,17,18)(H2,16,19,20). The average molecular weight is 333 g/mol. The molecule has 0 heterocycles. The fraction of sp³-hybridized carbons (Fsp3) is 0.500. The molecule has 0 aromatic heterocycles. The Kier molecular flexibility index (Phi) is 5.78. The number of nitrogens with one attached hydrogen (secondary N) is 1. The molecule has 0 radical (unpaired) electrons. The molecule has 0 aliphatic carbocycles. The summed E-state index contributed by atoms with van der Waals surface area (Å²) in [5.74, 6) is 0.393. The van der Waals surface area contributed by atoms with E-state index in [1.54, 1.807) is 6.92 Å². The van der Waals surface area contributed by atoms with Crippen molar-refractivity contribution in [2.75, 3.05) is 6.54 Å². The van der Waals surface area contributed by atoms with Crippen molar-refractivity contribution in [1.29, 1.82) is 0 Å². The first-order valence-corrected chi connectivity index (χ1v) is 8.57. The van der Waals surface area contributed by atoms with Crippen LogP contribution < -0.4 is 10.5 Å². The Morgan fingerprint density at radius 2 is 1.90 bits per heavy atom. The van der Waals surface area contributed by atoms with E-state index in [0.717, 1.165) is 0 Å². The minimum atomic E-state index is -3.91. The number of hydrogen-bond donors (Lipinski definition) is 2. The molecule has 0 aliphatic heterocycles. The largest absolute Gasteiger partial charge is 0.352 e. The second-order valence-corrected chi connectivity index (χ2v) is 7.52. The fourth-order valence-electron chi connectivity index (χ4n) is 1.64. The predicted molar refractivity (Wildman–Crippen MR) is 83.9 cm³/mol. The van der Waals surface area contributed by atoms with Gasteiger partial charge < -0.3 is 5.32 Å². The summed E-state index contributed by atoms with van der Waals surface area (Å²) < 4.78 is 22.8. The molecule has 1 aromatic carbocycles. The molecule has 1 rings (SSSR count). The molecule has 1 atom stereocenters. The number of sulfonamides is 1. The topological polar surface area (TPSA) is 89.3 Å². The van der Waals surface area contributed by atoms with Crippen LogP contribution >= 0.6 is 11.6 Å². The number of halogens is 1. The number of rotatable bonds is 5. The van der Waals surface area contributed by atoms with Gasteiger partial charge in [0.05, 0.1) is 4.90 Å². The number of carbonyl (C=O) groups excluding carboxylic acids is 1. The Morgan fingerprint density at radius 3 is 2.38 bits per heavy atom. The zero-order valence-corrected chi connectivity index (χ0v) is 14.2. The maximum Gasteiger partial charge on any atom is 0.251 e. The van der Waals surface area contributed by atoms with Crippen molar-refractivity contribution in [2.24, 2.45) is 17.0 Å². The number of benzene rings is 1. The zero-order chi connectivity index (χ0) is 16.4. The van der Waals surface area contributed by atoms with E-state index in [1.165, 1.54) is 12.1 Å². The Balaban J connectivity index is 3.07. The number of amides is 1. The van der Waals surface area contributed by atoms with Gasteiger partial charge in [0.1, 0.15) is 0 Å². The molecule has 118 valence electrons. The van der Waals surface area contributed by atoms with Crippen molar-refractivity contribution in [3.05, 3.63) is 28.3 Å². The smallest absolute Gasteiger partial charge is 0.251 e. The third-order valence-electron chi connectivity index (χ3n) is 3.61. The second-order valence-electron chi connectivity index (χ2n) is 5.55. The van der Waals surface area contributed by atoms with Crippen LogP contribution in [-0.4, -0.2) is 20.9 Å². The first kappa shape index (κ1) is 17.9. The summed E-state index contributed by atoms with van der Waals surface area (Å²) in [6.07, 6.45) is 0. The van der Waals surface area contributed by atoms with Crippen LogP contribution in [0.3, 0.4) is 0 Å². The normalized spacial score (nSPS) is 13.3. The lowest BCUT2D eigenvalue weighted by Gasteiger charge is -2.17. The van der Waals surface area contributed by atoms with E-state index < -0.39 is 10.0 Å². The van der Waals surface area contributed by atoms with Gasteiger partial charge in [0, 0.05) is 17.1 Å². The highest BCUT2D eigenvalue weighted by molar-refractivity contribution is 7.89. The lowest BCUT2D eigenvalue weighted by atomic mass is 9.98. The molecule has 21 heavy (non-hydrogen) atoms. The number of hydrogen-bond acceptors (Lipinski definition) is 3. The first-order chi connectivity index (χ1) is 9.54. The van der Waals surface area contributed by atoms with Gasteiger partial charge in [-0.15, -0.1) is 0 Å². The van der Waals surface area contributed by atoms with Gasteiger partial charge >= 0.3 is 0 Å². The van der Waals surface area contributed by atoms with Gasteiger partial charge in [0.25, 0.3) is 5.91 Å². The molecule has 1 aromatic rings. The summed E-state index contributed by atoms with van der Waals surface area (Å²) in [7, 11) is -3.91. The van der Waals surface area contributed by atoms with E-state index >= 15 is 0 Å². The summed E-state index contributed by atoms with van der Waals surface area (Å²) in [5.41, 5.74) is 0.751. The molecule has 1 unspecified atom stereocenters. The van der Waals surface area contributed by atoms with Gasteiger partial charge in [-0.3, -0.25) is 4.79 Å². The van der Waals surface area contributed by atoms with Gasteiger partial charge in [0.2, 0.25) is 10.0 Å². The van der Waals surface area contributed by atoms with Crippen LogP contribution in [-0.2, 0) is 10.0 Å². The minimum absolute atomic E-state index is 0.167. The fourth-order valence-corrected chi connectivity index (χ4v) is 2.49. The third-order valence-corrected chi connectivity index (χ3v) is 4.90. The minimum Gasteiger partial charge on any atom is -0.352 e. The van der Waals surface area contributed by atoms with Crippen LogP contribution in [0.1, 0.15) is 36.7 Å². The molecule has 0 spiro atoms. The number of carbonyl (C=O) groups is 1. The molecule has 0 aliphatic rings. The van der Waals surface area contributed by atoms with Crippen LogP contribution in [0, 0.1) is 18.8 Å². The molecule has 0 fully saturated rings. The molecule has 3 N–H and O–H groups in total. The summed E-state index contributed by atoms with van der Waals surface area (Å²) >= 11 is 5.98. The first-order valence-electron chi connectivity index (χ1n) is 6.65. The van der Waals surface area contributed by atoms with Gasteiger partial charge in [-0.05, 0) is 36.5 Å². The van der Waals surface area contributed by atoms with Crippen LogP contribution in [0.25, 0.3) is 0 Å². The third kappa shape index (κ3) is 4.69. The van der Waals surface area contributed by atoms with Crippen LogP contribution in [0.2, 0.25) is 5.02 Å². The number of nitrogens with two attached hydrogens (primary N) is 1. The molecule has 7 heteroatoms. The van der Waals surface area contributed by atoms with Crippen molar-refractivity contribution in [3.63, 3.8) is 0 Å². The maximum absolute atomic E-state index is 12.2. The van der Waals surface area contributed by atoms with E-state index in [0.29, 0.717) is 23.9 Å². The quantitative estimate of drug-likeness (QED) is 0.867. The van der Waals surface area contributed by atoms with Crippen LogP contribution in [0.15, 0.2) is 17.0 Å². The summed E-state index contributed by atoms with van der Waals surface area (Å²) in [5, 5.41) is 8.08. The van der Waals surface area contributed by atoms with Gasteiger partial charge in [-0.25, -0.2) is 13.6 Å².